The van der Waals surface area contributed by atoms with E-state index in [1.54, 1.807) is 17.5 Å². The highest BCUT2D eigenvalue weighted by Gasteiger charge is 2.11. The van der Waals surface area contributed by atoms with Crippen LogP contribution in [0, 0.1) is 5.82 Å². The molecule has 0 radical (unpaired) electrons. The predicted octanol–water partition coefficient (Wildman–Crippen LogP) is 2.05. The number of para-hydroxylation sites is 1. The van der Waals surface area contributed by atoms with Crippen molar-refractivity contribution in [1.82, 2.24) is 10.3 Å². The molecule has 0 saturated heterocycles. The summed E-state index contributed by atoms with van der Waals surface area (Å²) in [5, 5.41) is 7.00. The molecule has 0 fully saturated rings. The third-order valence-electron chi connectivity index (χ3n) is 2.50. The summed E-state index contributed by atoms with van der Waals surface area (Å²) in [7, 11) is 0. The van der Waals surface area contributed by atoms with Crippen molar-refractivity contribution in [2.45, 2.75) is 6.92 Å². The number of ether oxygens (including phenoxy) is 1. The molecule has 0 aliphatic heterocycles. The summed E-state index contributed by atoms with van der Waals surface area (Å²) in [5.41, 5.74) is 0.208. The molecule has 0 atom stereocenters. The molecule has 1 aromatic heterocycles. The van der Waals surface area contributed by atoms with Gasteiger partial charge in [0.2, 0.25) is 5.91 Å². The maximum atomic E-state index is 13.3. The Kier molecular flexibility index (Phi) is 5.42. The summed E-state index contributed by atoms with van der Waals surface area (Å²) in [4.78, 5) is 26.7. The van der Waals surface area contributed by atoms with Gasteiger partial charge in [-0.2, -0.15) is 0 Å². The Morgan fingerprint density at radius 1 is 1.36 bits per heavy atom. The third-order valence-corrected chi connectivity index (χ3v) is 3.26. The van der Waals surface area contributed by atoms with Gasteiger partial charge in [-0.3, -0.25) is 9.59 Å². The van der Waals surface area contributed by atoms with Crippen molar-refractivity contribution in [3.63, 3.8) is 0 Å². The quantitative estimate of drug-likeness (QED) is 0.797. The molecular weight excluding hydrogens is 309 g/mol. The smallest absolute Gasteiger partial charge is 0.270 e. The number of halogens is 1. The second kappa shape index (κ2) is 7.51. The van der Waals surface area contributed by atoms with Gasteiger partial charge in [-0.1, -0.05) is 12.1 Å². The first-order valence-electron chi connectivity index (χ1n) is 6.45. The molecule has 0 saturated carbocycles. The molecule has 1 aromatic carbocycles. The number of hydrogen-bond donors (Lipinski definition) is 2. The zero-order valence-corrected chi connectivity index (χ0v) is 12.6. The number of aromatic nitrogens is 1. The van der Waals surface area contributed by atoms with Crippen LogP contribution in [-0.2, 0) is 4.79 Å². The third kappa shape index (κ3) is 4.52. The van der Waals surface area contributed by atoms with Crippen LogP contribution in [0.5, 0.6) is 5.75 Å². The maximum absolute atomic E-state index is 13.3. The van der Waals surface area contributed by atoms with Gasteiger partial charge in [0, 0.05) is 12.3 Å². The topological polar surface area (TPSA) is 80.3 Å². The van der Waals surface area contributed by atoms with E-state index in [0.29, 0.717) is 5.13 Å². The number of nitrogens with zero attached hydrogens (tertiary/aromatic N) is 1. The summed E-state index contributed by atoms with van der Waals surface area (Å²) < 4.78 is 18.5. The van der Waals surface area contributed by atoms with Crippen LogP contribution in [0.3, 0.4) is 0 Å². The van der Waals surface area contributed by atoms with Crippen LogP contribution in [-0.4, -0.2) is 29.9 Å². The Morgan fingerprint density at radius 3 is 2.86 bits per heavy atom. The fourth-order valence-corrected chi connectivity index (χ4v) is 2.30. The molecule has 0 aliphatic rings. The Bertz CT molecular complexity index is 675. The van der Waals surface area contributed by atoms with Gasteiger partial charge in [-0.15, -0.1) is 11.3 Å². The second-order valence-electron chi connectivity index (χ2n) is 4.25. The van der Waals surface area contributed by atoms with E-state index in [-0.39, 0.29) is 36.4 Å². The summed E-state index contributed by atoms with van der Waals surface area (Å²) in [5.74, 6) is -0.948. The number of carbonyl (C=O) groups excluding carboxylic acids is 2. The van der Waals surface area contributed by atoms with Crippen LogP contribution in [0.1, 0.15) is 17.4 Å². The highest BCUT2D eigenvalue weighted by atomic mass is 32.1. The monoisotopic (exact) mass is 323 g/mol. The standard InChI is InChI=1S/C14H14FN3O3S/c1-9(19)17-14-18-11(8-22-14)13(20)16-6-7-21-12-5-3-2-4-10(12)15/h2-5,8H,6-7H2,1H3,(H,16,20)(H,17,18,19). The molecule has 1 heterocycles. The molecule has 6 nitrogen and oxygen atoms in total. The average molecular weight is 323 g/mol. The van der Waals surface area contributed by atoms with Gasteiger partial charge >= 0.3 is 0 Å². The highest BCUT2D eigenvalue weighted by Crippen LogP contribution is 2.16. The van der Waals surface area contributed by atoms with Crippen LogP contribution in [0.2, 0.25) is 0 Å². The van der Waals surface area contributed by atoms with E-state index in [1.165, 1.54) is 19.1 Å². The Hall–Kier alpha value is -2.48. The molecule has 2 rings (SSSR count). The SMILES string of the molecule is CC(=O)Nc1nc(C(=O)NCCOc2ccccc2F)cs1. The lowest BCUT2D eigenvalue weighted by molar-refractivity contribution is -0.114. The van der Waals surface area contributed by atoms with Gasteiger partial charge in [0.1, 0.15) is 12.3 Å². The van der Waals surface area contributed by atoms with Crippen LogP contribution >= 0.6 is 11.3 Å². The molecule has 2 amide bonds. The number of nitrogens with one attached hydrogen (secondary N) is 2. The Balaban J connectivity index is 1.77. The van der Waals surface area contributed by atoms with Gasteiger partial charge in [-0.05, 0) is 12.1 Å². The Labute approximate surface area is 130 Å². The normalized spacial score (nSPS) is 10.1. The summed E-state index contributed by atoms with van der Waals surface area (Å²) in [6.07, 6.45) is 0. The van der Waals surface area contributed by atoms with Crippen molar-refractivity contribution in [3.8, 4) is 5.75 Å². The van der Waals surface area contributed by atoms with E-state index in [1.807, 2.05) is 0 Å². The van der Waals surface area contributed by atoms with Crippen LogP contribution in [0.15, 0.2) is 29.6 Å². The minimum Gasteiger partial charge on any atom is -0.489 e. The molecule has 2 aromatic rings. The van der Waals surface area contributed by atoms with Crippen molar-refractivity contribution in [2.24, 2.45) is 0 Å². The van der Waals surface area contributed by atoms with Crippen LogP contribution in [0.4, 0.5) is 9.52 Å². The summed E-state index contributed by atoms with van der Waals surface area (Å²) >= 11 is 1.16. The largest absolute Gasteiger partial charge is 0.489 e. The van der Waals surface area contributed by atoms with E-state index < -0.39 is 5.82 Å². The van der Waals surface area contributed by atoms with E-state index in [2.05, 4.69) is 15.6 Å². The molecule has 116 valence electrons. The Morgan fingerprint density at radius 2 is 2.14 bits per heavy atom. The lowest BCUT2D eigenvalue weighted by Gasteiger charge is -2.07. The molecule has 0 unspecified atom stereocenters. The number of rotatable bonds is 6. The first kappa shape index (κ1) is 15.9. The van der Waals surface area contributed by atoms with Crippen molar-refractivity contribution in [3.05, 3.63) is 41.2 Å². The van der Waals surface area contributed by atoms with E-state index in [4.69, 9.17) is 4.74 Å². The van der Waals surface area contributed by atoms with Crippen molar-refractivity contribution < 1.29 is 18.7 Å². The lowest BCUT2D eigenvalue weighted by atomic mass is 10.3. The predicted molar refractivity (Wildman–Crippen MR) is 80.6 cm³/mol. The number of thiazole rings is 1. The zero-order chi connectivity index (χ0) is 15.9. The van der Waals surface area contributed by atoms with Gasteiger partial charge in [-0.25, -0.2) is 9.37 Å². The van der Waals surface area contributed by atoms with E-state index in [9.17, 15) is 14.0 Å². The van der Waals surface area contributed by atoms with Crippen molar-refractivity contribution in [1.29, 1.82) is 0 Å². The average Bonchev–Trinajstić information content (AvgIpc) is 2.93. The number of carbonyl (C=O) groups is 2. The van der Waals surface area contributed by atoms with Crippen LogP contribution < -0.4 is 15.4 Å². The molecule has 8 heteroatoms. The first-order valence-corrected chi connectivity index (χ1v) is 7.33. The molecule has 0 aliphatic carbocycles. The first-order chi connectivity index (χ1) is 10.6. The molecule has 0 spiro atoms. The number of hydrogen-bond acceptors (Lipinski definition) is 5. The summed E-state index contributed by atoms with van der Waals surface area (Å²) in [6, 6.07) is 6.04. The van der Waals surface area contributed by atoms with Gasteiger partial charge in [0.05, 0.1) is 6.54 Å². The van der Waals surface area contributed by atoms with E-state index >= 15 is 0 Å². The second-order valence-corrected chi connectivity index (χ2v) is 5.11. The zero-order valence-electron chi connectivity index (χ0n) is 11.8. The molecule has 0 bridgehead atoms. The minimum absolute atomic E-state index is 0.134. The summed E-state index contributed by atoms with van der Waals surface area (Å²) in [6.45, 7) is 1.71. The molecule has 2 N–H and O–H groups in total. The number of benzene rings is 1. The fraction of sp³-hybridized carbons (Fsp3) is 0.214. The van der Waals surface area contributed by atoms with Crippen molar-refractivity contribution in [2.75, 3.05) is 18.5 Å². The maximum Gasteiger partial charge on any atom is 0.270 e. The van der Waals surface area contributed by atoms with Gasteiger partial charge in [0.15, 0.2) is 16.7 Å². The lowest BCUT2D eigenvalue weighted by Crippen LogP contribution is -2.28. The minimum atomic E-state index is -0.451. The number of amides is 2. The van der Waals surface area contributed by atoms with Crippen molar-refractivity contribution >= 4 is 28.3 Å². The van der Waals surface area contributed by atoms with Gasteiger partial charge < -0.3 is 15.4 Å². The highest BCUT2D eigenvalue weighted by molar-refractivity contribution is 7.14. The van der Waals surface area contributed by atoms with Crippen LogP contribution in [0.25, 0.3) is 0 Å². The number of anilines is 1. The van der Waals surface area contributed by atoms with Gasteiger partial charge in [0.25, 0.3) is 5.91 Å². The molecular formula is C14H14FN3O3S. The fourth-order valence-electron chi connectivity index (χ4n) is 1.56. The van der Waals surface area contributed by atoms with E-state index in [0.717, 1.165) is 11.3 Å². The molecule has 22 heavy (non-hydrogen) atoms.